The molecular weight excluding hydrogens is 196 g/mol. The molecule has 0 aromatic heterocycles. The molecule has 0 aliphatic rings. The third-order valence-corrected chi connectivity index (χ3v) is 2.66. The lowest BCUT2D eigenvalue weighted by atomic mass is 10.0. The van der Waals surface area contributed by atoms with Crippen molar-refractivity contribution in [3.05, 3.63) is 54.1 Å². The fraction of sp³-hybridized carbons (Fsp3) is 0.143. The van der Waals surface area contributed by atoms with Crippen LogP contribution in [0.25, 0.3) is 11.1 Å². The summed E-state index contributed by atoms with van der Waals surface area (Å²) in [5.41, 5.74) is 15.8. The summed E-state index contributed by atoms with van der Waals surface area (Å²) in [5.74, 6) is 0. The zero-order valence-electron chi connectivity index (χ0n) is 9.19. The minimum absolute atomic E-state index is 0.687. The number of para-hydroxylation sites is 1. The Morgan fingerprint density at radius 3 is 2.19 bits per heavy atom. The van der Waals surface area contributed by atoms with Crippen LogP contribution in [0.4, 0.5) is 5.69 Å². The third kappa shape index (κ3) is 2.23. The van der Waals surface area contributed by atoms with Crippen molar-refractivity contribution in [2.75, 3.05) is 12.3 Å². The van der Waals surface area contributed by atoms with E-state index >= 15 is 0 Å². The van der Waals surface area contributed by atoms with Crippen LogP contribution in [0.2, 0.25) is 0 Å². The fourth-order valence-corrected chi connectivity index (χ4v) is 1.78. The lowest BCUT2D eigenvalue weighted by Gasteiger charge is -2.06. The van der Waals surface area contributed by atoms with Gasteiger partial charge < -0.3 is 11.5 Å². The van der Waals surface area contributed by atoms with Crippen molar-refractivity contribution in [1.29, 1.82) is 0 Å². The Morgan fingerprint density at radius 2 is 1.56 bits per heavy atom. The highest BCUT2D eigenvalue weighted by molar-refractivity contribution is 5.76. The van der Waals surface area contributed by atoms with Gasteiger partial charge in [0.05, 0.1) is 0 Å². The Bertz CT molecular complexity index is 460. The normalized spacial score (nSPS) is 10.3. The van der Waals surface area contributed by atoms with Crippen molar-refractivity contribution in [3.63, 3.8) is 0 Å². The zero-order chi connectivity index (χ0) is 11.4. The van der Waals surface area contributed by atoms with Gasteiger partial charge in [-0.1, -0.05) is 42.5 Å². The largest absolute Gasteiger partial charge is 0.398 e. The SMILES string of the molecule is NCCc1ccc(-c2ccccc2N)cc1. The molecule has 0 bridgehead atoms. The Labute approximate surface area is 95.9 Å². The van der Waals surface area contributed by atoms with Crippen molar-refractivity contribution in [2.45, 2.75) is 6.42 Å². The predicted molar refractivity (Wildman–Crippen MR) is 69.0 cm³/mol. The number of hydrogen-bond acceptors (Lipinski definition) is 2. The number of anilines is 1. The Balaban J connectivity index is 2.31. The molecule has 0 radical (unpaired) electrons. The van der Waals surface area contributed by atoms with Crippen molar-refractivity contribution >= 4 is 5.69 Å². The van der Waals surface area contributed by atoms with E-state index in [1.165, 1.54) is 5.56 Å². The second kappa shape index (κ2) is 4.81. The highest BCUT2D eigenvalue weighted by Gasteiger charge is 2.00. The van der Waals surface area contributed by atoms with Gasteiger partial charge in [-0.05, 0) is 30.2 Å². The fourth-order valence-electron chi connectivity index (χ4n) is 1.78. The van der Waals surface area contributed by atoms with E-state index in [-0.39, 0.29) is 0 Å². The summed E-state index contributed by atoms with van der Waals surface area (Å²) < 4.78 is 0. The molecule has 0 atom stereocenters. The van der Waals surface area contributed by atoms with Crippen molar-refractivity contribution in [1.82, 2.24) is 0 Å². The van der Waals surface area contributed by atoms with E-state index in [2.05, 4.69) is 24.3 Å². The van der Waals surface area contributed by atoms with E-state index in [4.69, 9.17) is 11.5 Å². The average molecular weight is 212 g/mol. The first-order chi connectivity index (χ1) is 7.81. The van der Waals surface area contributed by atoms with E-state index in [1.54, 1.807) is 0 Å². The van der Waals surface area contributed by atoms with Crippen LogP contribution in [0, 0.1) is 0 Å². The van der Waals surface area contributed by atoms with E-state index in [1.807, 2.05) is 24.3 Å². The maximum atomic E-state index is 5.93. The van der Waals surface area contributed by atoms with Crippen molar-refractivity contribution in [3.8, 4) is 11.1 Å². The van der Waals surface area contributed by atoms with Crippen LogP contribution in [0.15, 0.2) is 48.5 Å². The molecule has 0 amide bonds. The van der Waals surface area contributed by atoms with E-state index in [0.29, 0.717) is 6.54 Å². The molecule has 0 saturated carbocycles. The summed E-state index contributed by atoms with van der Waals surface area (Å²) in [6, 6.07) is 16.3. The molecule has 2 rings (SSSR count). The molecule has 2 nitrogen and oxygen atoms in total. The highest BCUT2D eigenvalue weighted by Crippen LogP contribution is 2.25. The summed E-state index contributed by atoms with van der Waals surface area (Å²) >= 11 is 0. The van der Waals surface area contributed by atoms with Gasteiger partial charge in [-0.3, -0.25) is 0 Å². The van der Waals surface area contributed by atoms with Gasteiger partial charge in [0.15, 0.2) is 0 Å². The molecule has 2 aromatic carbocycles. The molecule has 0 aliphatic carbocycles. The van der Waals surface area contributed by atoms with Crippen LogP contribution in [0.5, 0.6) is 0 Å². The van der Waals surface area contributed by atoms with E-state index < -0.39 is 0 Å². The molecule has 0 spiro atoms. The molecule has 0 aliphatic heterocycles. The van der Waals surface area contributed by atoms with Gasteiger partial charge in [-0.25, -0.2) is 0 Å². The summed E-state index contributed by atoms with van der Waals surface area (Å²) in [4.78, 5) is 0. The molecule has 4 N–H and O–H groups in total. The molecule has 2 heteroatoms. The molecule has 0 fully saturated rings. The van der Waals surface area contributed by atoms with Crippen LogP contribution in [0.3, 0.4) is 0 Å². The molecule has 2 aromatic rings. The van der Waals surface area contributed by atoms with Gasteiger partial charge in [0, 0.05) is 11.3 Å². The Hall–Kier alpha value is -1.80. The van der Waals surface area contributed by atoms with Gasteiger partial charge in [0.1, 0.15) is 0 Å². The van der Waals surface area contributed by atoms with Crippen LogP contribution in [-0.2, 0) is 6.42 Å². The monoisotopic (exact) mass is 212 g/mol. The maximum Gasteiger partial charge on any atom is 0.0393 e. The molecule has 16 heavy (non-hydrogen) atoms. The quantitative estimate of drug-likeness (QED) is 0.768. The average Bonchev–Trinajstić information content (AvgIpc) is 2.31. The second-order valence-electron chi connectivity index (χ2n) is 3.82. The van der Waals surface area contributed by atoms with Gasteiger partial charge in [0.2, 0.25) is 0 Å². The predicted octanol–water partition coefficient (Wildman–Crippen LogP) is 2.44. The summed E-state index contributed by atoms with van der Waals surface area (Å²) in [6.07, 6.45) is 0.921. The first-order valence-electron chi connectivity index (χ1n) is 5.45. The molecule has 82 valence electrons. The first-order valence-corrected chi connectivity index (χ1v) is 5.45. The third-order valence-electron chi connectivity index (χ3n) is 2.66. The van der Waals surface area contributed by atoms with Gasteiger partial charge in [-0.2, -0.15) is 0 Å². The molecule has 0 heterocycles. The van der Waals surface area contributed by atoms with Crippen LogP contribution in [0.1, 0.15) is 5.56 Å². The molecular formula is C14H16N2. The Morgan fingerprint density at radius 1 is 0.875 bits per heavy atom. The number of nitrogens with two attached hydrogens (primary N) is 2. The zero-order valence-corrected chi connectivity index (χ0v) is 9.19. The maximum absolute atomic E-state index is 5.93. The minimum Gasteiger partial charge on any atom is -0.398 e. The summed E-state index contributed by atoms with van der Waals surface area (Å²) in [7, 11) is 0. The van der Waals surface area contributed by atoms with Gasteiger partial charge >= 0.3 is 0 Å². The number of nitrogen functional groups attached to an aromatic ring is 1. The summed E-state index contributed by atoms with van der Waals surface area (Å²) in [6.45, 7) is 0.687. The van der Waals surface area contributed by atoms with E-state index in [0.717, 1.165) is 23.2 Å². The topological polar surface area (TPSA) is 52.0 Å². The standard InChI is InChI=1S/C14H16N2/c15-10-9-11-5-7-12(8-6-11)13-3-1-2-4-14(13)16/h1-8H,9-10,15-16H2. The van der Waals surface area contributed by atoms with Crippen LogP contribution >= 0.6 is 0 Å². The van der Waals surface area contributed by atoms with E-state index in [9.17, 15) is 0 Å². The number of benzene rings is 2. The number of hydrogen-bond donors (Lipinski definition) is 2. The lowest BCUT2D eigenvalue weighted by molar-refractivity contribution is 0.969. The second-order valence-corrected chi connectivity index (χ2v) is 3.82. The first kappa shape index (κ1) is 10.7. The van der Waals surface area contributed by atoms with Crippen LogP contribution < -0.4 is 11.5 Å². The lowest BCUT2D eigenvalue weighted by Crippen LogP contribution is -2.02. The van der Waals surface area contributed by atoms with Gasteiger partial charge in [-0.15, -0.1) is 0 Å². The van der Waals surface area contributed by atoms with Gasteiger partial charge in [0.25, 0.3) is 0 Å². The summed E-state index contributed by atoms with van der Waals surface area (Å²) in [5, 5.41) is 0. The van der Waals surface area contributed by atoms with Crippen molar-refractivity contribution in [2.24, 2.45) is 5.73 Å². The van der Waals surface area contributed by atoms with Crippen molar-refractivity contribution < 1.29 is 0 Å². The molecule has 0 saturated heterocycles. The number of rotatable bonds is 3. The Kier molecular flexibility index (Phi) is 3.22. The van der Waals surface area contributed by atoms with Crippen LogP contribution in [-0.4, -0.2) is 6.54 Å². The minimum atomic E-state index is 0.687. The smallest absolute Gasteiger partial charge is 0.0393 e. The highest BCUT2D eigenvalue weighted by atomic mass is 14.6. The molecule has 0 unspecified atom stereocenters.